The van der Waals surface area contributed by atoms with Crippen LogP contribution in [0.25, 0.3) is 0 Å². The Balaban J connectivity index is 1.95. The van der Waals surface area contributed by atoms with Gasteiger partial charge in [0.2, 0.25) is 0 Å². The summed E-state index contributed by atoms with van der Waals surface area (Å²) in [5.41, 5.74) is -0.711. The van der Waals surface area contributed by atoms with Crippen LogP contribution in [-0.2, 0) is 17.1 Å². The third-order valence-corrected chi connectivity index (χ3v) is 5.46. The van der Waals surface area contributed by atoms with Crippen molar-refractivity contribution in [2.24, 2.45) is 0 Å². The van der Waals surface area contributed by atoms with Crippen LogP contribution in [0.15, 0.2) is 48.5 Å². The van der Waals surface area contributed by atoms with Crippen molar-refractivity contribution < 1.29 is 36.2 Å². The maximum absolute atomic E-state index is 13.0. The van der Waals surface area contributed by atoms with Crippen molar-refractivity contribution in [3.8, 4) is 0 Å². The van der Waals surface area contributed by atoms with Gasteiger partial charge in [0.15, 0.2) is 0 Å². The van der Waals surface area contributed by atoms with E-state index in [9.17, 15) is 31.4 Å². The first-order chi connectivity index (χ1) is 14.5. The van der Waals surface area contributed by atoms with Crippen molar-refractivity contribution in [2.45, 2.75) is 42.9 Å². The molecule has 1 heterocycles. The molecule has 0 bridgehead atoms. The minimum absolute atomic E-state index is 0.178. The molecule has 2 aromatic rings. The molecule has 0 aromatic heterocycles. The highest BCUT2D eigenvalue weighted by molar-refractivity contribution is 6.08. The van der Waals surface area contributed by atoms with E-state index >= 15 is 0 Å². The normalized spacial score (nSPS) is 22.6. The summed E-state index contributed by atoms with van der Waals surface area (Å²) in [6.07, 6.45) is -9.57. The first kappa shape index (κ1) is 23.6. The third kappa shape index (κ3) is 5.61. The summed E-state index contributed by atoms with van der Waals surface area (Å²) in [5, 5.41) is 13.6. The number of rotatable bonds is 5. The van der Waals surface area contributed by atoms with Gasteiger partial charge in [0, 0.05) is 12.3 Å². The van der Waals surface area contributed by atoms with Crippen LogP contribution >= 0.6 is 0 Å². The number of aliphatic hydroxyl groups is 1. The van der Waals surface area contributed by atoms with Crippen LogP contribution in [0.3, 0.4) is 0 Å². The van der Waals surface area contributed by atoms with Crippen LogP contribution in [0.5, 0.6) is 0 Å². The fourth-order valence-electron chi connectivity index (χ4n) is 3.88. The minimum atomic E-state index is -4.50. The Kier molecular flexibility index (Phi) is 7.03. The molecule has 168 valence electrons. The van der Waals surface area contributed by atoms with Gasteiger partial charge in [0.25, 0.3) is 0 Å². The molecule has 0 aliphatic carbocycles. The summed E-state index contributed by atoms with van der Waals surface area (Å²) in [5.74, 6) is -0.637. The number of benzene rings is 2. The number of nitrogens with one attached hydrogen (secondary N) is 1. The van der Waals surface area contributed by atoms with E-state index in [0.29, 0.717) is 17.6 Å². The molecular weight excluding hydrogens is 423 g/mol. The number of halogens is 6. The number of aliphatic hydroxyl groups excluding tert-OH is 1. The van der Waals surface area contributed by atoms with Crippen molar-refractivity contribution >= 4 is 7.85 Å². The Morgan fingerprint density at radius 2 is 1.35 bits per heavy atom. The molecule has 1 aliphatic heterocycles. The predicted molar refractivity (Wildman–Crippen MR) is 105 cm³/mol. The minimum Gasteiger partial charge on any atom is -0.391 e. The maximum atomic E-state index is 13.0. The van der Waals surface area contributed by atoms with Crippen molar-refractivity contribution in [3.63, 3.8) is 0 Å². The van der Waals surface area contributed by atoms with Gasteiger partial charge >= 0.3 is 12.4 Å². The van der Waals surface area contributed by atoms with Gasteiger partial charge < -0.3 is 15.2 Å². The van der Waals surface area contributed by atoms with Crippen molar-refractivity contribution in [2.75, 3.05) is 13.1 Å². The highest BCUT2D eigenvalue weighted by Crippen LogP contribution is 2.38. The van der Waals surface area contributed by atoms with E-state index in [1.807, 2.05) is 7.85 Å². The lowest BCUT2D eigenvalue weighted by Gasteiger charge is -2.38. The van der Waals surface area contributed by atoms with E-state index in [1.54, 1.807) is 0 Å². The molecule has 1 unspecified atom stereocenters. The lowest BCUT2D eigenvalue weighted by atomic mass is 9.81. The largest absolute Gasteiger partial charge is 0.416 e. The van der Waals surface area contributed by atoms with Crippen LogP contribution < -0.4 is 5.32 Å². The van der Waals surface area contributed by atoms with E-state index in [1.165, 1.54) is 24.3 Å². The molecule has 3 rings (SSSR count). The van der Waals surface area contributed by atoms with Crippen molar-refractivity contribution in [1.29, 1.82) is 0 Å². The molecule has 0 saturated carbocycles. The molecule has 0 amide bonds. The topological polar surface area (TPSA) is 41.5 Å². The highest BCUT2D eigenvalue weighted by Gasteiger charge is 2.37. The van der Waals surface area contributed by atoms with Gasteiger partial charge in [0.1, 0.15) is 7.85 Å². The number of hydrogen-bond donors (Lipinski definition) is 2. The fraction of sp³-hybridized carbons (Fsp3) is 0.429. The third-order valence-electron chi connectivity index (χ3n) is 5.46. The van der Waals surface area contributed by atoms with Gasteiger partial charge in [-0.25, -0.2) is 0 Å². The zero-order valence-electron chi connectivity index (χ0n) is 16.7. The van der Waals surface area contributed by atoms with Crippen LogP contribution in [0.4, 0.5) is 26.3 Å². The molecule has 3 nitrogen and oxygen atoms in total. The summed E-state index contributed by atoms with van der Waals surface area (Å²) in [6, 6.07) is 8.67. The molecular formula is C21H22BF6NO2. The molecule has 0 radical (unpaired) electrons. The monoisotopic (exact) mass is 445 g/mol. The Bertz CT molecular complexity index is 797. The van der Waals surface area contributed by atoms with E-state index in [2.05, 4.69) is 5.32 Å². The zero-order valence-corrected chi connectivity index (χ0v) is 16.7. The van der Waals surface area contributed by atoms with E-state index in [4.69, 9.17) is 4.74 Å². The van der Waals surface area contributed by atoms with Crippen molar-refractivity contribution in [3.05, 3.63) is 70.8 Å². The van der Waals surface area contributed by atoms with Gasteiger partial charge in [-0.15, -0.1) is 0 Å². The standard InChI is InChI=1S/C21H22BF6NO2/c22-11-29-16-10-31-18(9-17(16)30)19(12-1-5-14(6-2-12)20(23,24)25)13-3-7-15(8-4-13)21(26,27)28/h1-8,16-19,29-30H,9-11,22H2/t16-,17?,18+/m1/s1. The molecule has 10 heteroatoms. The molecule has 2 N–H and O–H groups in total. The smallest absolute Gasteiger partial charge is 0.391 e. The second-order valence-electron chi connectivity index (χ2n) is 7.56. The highest BCUT2D eigenvalue weighted by atomic mass is 19.4. The molecule has 1 fully saturated rings. The average Bonchev–Trinajstić information content (AvgIpc) is 2.70. The average molecular weight is 445 g/mol. The van der Waals surface area contributed by atoms with Crippen LogP contribution in [0, 0.1) is 0 Å². The van der Waals surface area contributed by atoms with Gasteiger partial charge in [-0.3, -0.25) is 0 Å². The van der Waals surface area contributed by atoms with Gasteiger partial charge in [-0.05, 0) is 41.8 Å². The Morgan fingerprint density at radius 3 is 1.71 bits per heavy atom. The zero-order chi connectivity index (χ0) is 22.8. The number of ether oxygens (including phenoxy) is 1. The molecule has 1 aliphatic rings. The summed E-state index contributed by atoms with van der Waals surface area (Å²) in [4.78, 5) is 0. The molecule has 3 atom stereocenters. The van der Waals surface area contributed by atoms with Gasteiger partial charge in [0.05, 0.1) is 36.0 Å². The SMILES string of the molecule is BCN[C@@H]1CO[C@H](C(c2ccc(C(F)(F)F)cc2)c2ccc(C(F)(F)F)cc2)CC1O. The fourth-order valence-corrected chi connectivity index (χ4v) is 3.88. The lowest BCUT2D eigenvalue weighted by molar-refractivity contribution is -0.138. The Labute approximate surface area is 176 Å². The molecule has 0 spiro atoms. The molecule has 2 aromatic carbocycles. The molecule has 31 heavy (non-hydrogen) atoms. The summed E-state index contributed by atoms with van der Waals surface area (Å²) < 4.78 is 83.6. The van der Waals surface area contributed by atoms with Crippen molar-refractivity contribution in [1.82, 2.24) is 5.32 Å². The first-order valence-corrected chi connectivity index (χ1v) is 9.88. The summed E-state index contributed by atoms with van der Waals surface area (Å²) >= 11 is 0. The van der Waals surface area contributed by atoms with Crippen LogP contribution in [0.2, 0.25) is 0 Å². The quantitative estimate of drug-likeness (QED) is 0.547. The van der Waals surface area contributed by atoms with Crippen LogP contribution in [0.1, 0.15) is 34.6 Å². The second-order valence-corrected chi connectivity index (χ2v) is 7.56. The Morgan fingerprint density at radius 1 is 0.903 bits per heavy atom. The number of alkyl halides is 6. The summed E-state index contributed by atoms with van der Waals surface area (Å²) in [7, 11) is 1.88. The van der Waals surface area contributed by atoms with Gasteiger partial charge in [-0.2, -0.15) is 26.3 Å². The van der Waals surface area contributed by atoms with E-state index in [0.717, 1.165) is 24.3 Å². The first-order valence-electron chi connectivity index (χ1n) is 9.88. The maximum Gasteiger partial charge on any atom is 0.416 e. The number of hydrogen-bond acceptors (Lipinski definition) is 3. The van der Waals surface area contributed by atoms with Gasteiger partial charge in [-0.1, -0.05) is 24.3 Å². The van der Waals surface area contributed by atoms with E-state index in [-0.39, 0.29) is 19.1 Å². The lowest BCUT2D eigenvalue weighted by Crippen LogP contribution is -2.51. The van der Waals surface area contributed by atoms with Crippen LogP contribution in [-0.4, -0.2) is 44.3 Å². The predicted octanol–water partition coefficient (Wildman–Crippen LogP) is 3.55. The molecule has 1 saturated heterocycles. The van der Waals surface area contributed by atoms with E-state index < -0.39 is 41.6 Å². The summed E-state index contributed by atoms with van der Waals surface area (Å²) in [6.45, 7) is 0.178. The Hall–Kier alpha value is -2.04. The second kappa shape index (κ2) is 9.22.